The Morgan fingerprint density at radius 2 is 1.96 bits per heavy atom. The number of ether oxygens (including phenoxy) is 1. The van der Waals surface area contributed by atoms with E-state index < -0.39 is 0 Å². The Kier molecular flexibility index (Phi) is 5.99. The van der Waals surface area contributed by atoms with Crippen LogP contribution in [0.15, 0.2) is 23.2 Å². The minimum atomic E-state index is 0.585. The van der Waals surface area contributed by atoms with E-state index in [1.807, 2.05) is 6.92 Å². The van der Waals surface area contributed by atoms with Gasteiger partial charge in [0.05, 0.1) is 37.8 Å². The van der Waals surface area contributed by atoms with Crippen molar-refractivity contribution >= 4 is 22.8 Å². The smallest absolute Gasteiger partial charge is 0.230 e. The summed E-state index contributed by atoms with van der Waals surface area (Å²) < 4.78 is 5.40. The summed E-state index contributed by atoms with van der Waals surface area (Å²) in [6, 6.07) is 6.37. The second-order valence-corrected chi connectivity index (χ2v) is 7.29. The predicted octanol–water partition coefficient (Wildman–Crippen LogP) is 1.42. The summed E-state index contributed by atoms with van der Waals surface area (Å²) in [7, 11) is 0. The lowest BCUT2D eigenvalue weighted by molar-refractivity contribution is 0.0331. The van der Waals surface area contributed by atoms with Crippen LogP contribution in [0.3, 0.4) is 0 Å². The summed E-state index contributed by atoms with van der Waals surface area (Å²) in [5.41, 5.74) is 3.23. The minimum absolute atomic E-state index is 0.585. The molecule has 0 unspecified atom stereocenters. The maximum Gasteiger partial charge on any atom is 0.230 e. The molecular formula is C20H29N7O. The van der Waals surface area contributed by atoms with Crippen LogP contribution >= 0.6 is 0 Å². The lowest BCUT2D eigenvalue weighted by atomic mass is 10.1. The van der Waals surface area contributed by atoms with E-state index in [2.05, 4.69) is 60.5 Å². The average molecular weight is 384 g/mol. The molecule has 0 atom stereocenters. The van der Waals surface area contributed by atoms with Crippen LogP contribution in [0, 0.1) is 6.92 Å². The van der Waals surface area contributed by atoms with Crippen molar-refractivity contribution in [2.45, 2.75) is 20.3 Å². The topological polar surface area (TPSA) is 77.9 Å². The van der Waals surface area contributed by atoms with Gasteiger partial charge in [-0.15, -0.1) is 0 Å². The summed E-state index contributed by atoms with van der Waals surface area (Å²) in [4.78, 5) is 18.6. The fourth-order valence-corrected chi connectivity index (χ4v) is 3.51. The molecule has 8 nitrogen and oxygen atoms in total. The van der Waals surface area contributed by atoms with Crippen LogP contribution in [0.1, 0.15) is 18.2 Å². The van der Waals surface area contributed by atoms with Crippen LogP contribution in [-0.4, -0.2) is 78.5 Å². The van der Waals surface area contributed by atoms with Gasteiger partial charge >= 0.3 is 0 Å². The number of morpholine rings is 1. The van der Waals surface area contributed by atoms with E-state index in [1.165, 1.54) is 5.56 Å². The number of aliphatic imine (C=N–C) groups is 1. The molecule has 4 rings (SSSR count). The standard InChI is InChI=1S/C20H29N7O/c1-3-16-4-5-18-17(12-16)15(2)23-20(24-18)25-19-21-13-27(14-22-19)7-6-26-8-10-28-11-9-26/h4-5,12H,3,6-11,13-14H2,1-2H3,(H2,21,22,23,24,25). The van der Waals surface area contributed by atoms with Crippen LogP contribution in [0.4, 0.5) is 5.95 Å². The van der Waals surface area contributed by atoms with Crippen LogP contribution in [0.2, 0.25) is 0 Å². The molecule has 0 spiro atoms. The Morgan fingerprint density at radius 1 is 1.14 bits per heavy atom. The lowest BCUT2D eigenvalue weighted by Gasteiger charge is -2.31. The third kappa shape index (κ3) is 4.57. The maximum absolute atomic E-state index is 5.40. The molecule has 2 aliphatic heterocycles. The molecule has 0 amide bonds. The molecule has 2 N–H and O–H groups in total. The molecule has 3 heterocycles. The van der Waals surface area contributed by atoms with Gasteiger partial charge in [0.25, 0.3) is 0 Å². The Bertz CT molecular complexity index is 848. The van der Waals surface area contributed by atoms with Gasteiger partial charge < -0.3 is 10.1 Å². The summed E-state index contributed by atoms with van der Waals surface area (Å²) in [5.74, 6) is 1.31. The quantitative estimate of drug-likeness (QED) is 0.808. The van der Waals surface area contributed by atoms with Crippen molar-refractivity contribution in [3.05, 3.63) is 29.5 Å². The molecule has 2 aliphatic rings. The van der Waals surface area contributed by atoms with E-state index >= 15 is 0 Å². The molecular weight excluding hydrogens is 354 g/mol. The first-order valence-electron chi connectivity index (χ1n) is 10.1. The monoisotopic (exact) mass is 383 g/mol. The number of nitrogens with one attached hydrogen (secondary N) is 2. The molecule has 0 saturated carbocycles. The molecule has 1 saturated heterocycles. The van der Waals surface area contributed by atoms with E-state index in [-0.39, 0.29) is 0 Å². The van der Waals surface area contributed by atoms with Gasteiger partial charge in [0.1, 0.15) is 0 Å². The van der Waals surface area contributed by atoms with E-state index in [0.29, 0.717) is 12.6 Å². The highest BCUT2D eigenvalue weighted by Gasteiger charge is 2.16. The highest BCUT2D eigenvalue weighted by Crippen LogP contribution is 2.19. The number of guanidine groups is 1. The zero-order valence-corrected chi connectivity index (χ0v) is 16.7. The average Bonchev–Trinajstić information content (AvgIpc) is 2.74. The maximum atomic E-state index is 5.40. The number of benzene rings is 1. The van der Waals surface area contributed by atoms with Crippen molar-refractivity contribution in [1.29, 1.82) is 0 Å². The van der Waals surface area contributed by atoms with Gasteiger partial charge in [-0.05, 0) is 31.0 Å². The number of hydrogen-bond acceptors (Lipinski definition) is 8. The molecule has 1 fully saturated rings. The first kappa shape index (κ1) is 19.0. The fourth-order valence-electron chi connectivity index (χ4n) is 3.51. The van der Waals surface area contributed by atoms with Crippen molar-refractivity contribution in [3.63, 3.8) is 0 Å². The lowest BCUT2D eigenvalue weighted by Crippen LogP contribution is -2.49. The molecule has 1 aromatic carbocycles. The highest BCUT2D eigenvalue weighted by atomic mass is 16.5. The number of anilines is 1. The van der Waals surface area contributed by atoms with Gasteiger partial charge in [0.15, 0.2) is 0 Å². The summed E-state index contributed by atoms with van der Waals surface area (Å²) in [6.07, 6.45) is 1.01. The number of rotatable bonds is 5. The Morgan fingerprint density at radius 3 is 2.71 bits per heavy atom. The normalized spacial score (nSPS) is 18.7. The predicted molar refractivity (Wildman–Crippen MR) is 112 cm³/mol. The van der Waals surface area contributed by atoms with Crippen molar-refractivity contribution in [2.75, 3.05) is 58.0 Å². The number of aromatic nitrogens is 2. The molecule has 0 bridgehead atoms. The van der Waals surface area contributed by atoms with E-state index in [4.69, 9.17) is 4.74 Å². The number of nitrogens with zero attached hydrogens (tertiary/aromatic N) is 5. The number of aryl methyl sites for hydroxylation is 2. The third-order valence-electron chi connectivity index (χ3n) is 5.32. The van der Waals surface area contributed by atoms with Crippen LogP contribution < -0.4 is 10.6 Å². The summed E-state index contributed by atoms with van der Waals surface area (Å²) >= 11 is 0. The molecule has 0 aliphatic carbocycles. The van der Waals surface area contributed by atoms with E-state index in [9.17, 15) is 0 Å². The SMILES string of the molecule is CCc1ccc2nc(NC3=NCN(CCN4CCOCC4)CN3)nc(C)c2c1. The second kappa shape index (κ2) is 8.81. The van der Waals surface area contributed by atoms with Gasteiger partial charge in [0.2, 0.25) is 11.9 Å². The van der Waals surface area contributed by atoms with Crippen LogP contribution in [0.25, 0.3) is 10.9 Å². The molecule has 8 heteroatoms. The number of hydrogen-bond donors (Lipinski definition) is 2. The molecule has 28 heavy (non-hydrogen) atoms. The first-order valence-corrected chi connectivity index (χ1v) is 10.1. The Labute approximate surface area is 166 Å². The largest absolute Gasteiger partial charge is 0.379 e. The summed E-state index contributed by atoms with van der Waals surface area (Å²) in [5, 5.41) is 7.67. The van der Waals surface area contributed by atoms with Crippen LogP contribution in [-0.2, 0) is 11.2 Å². The van der Waals surface area contributed by atoms with Crippen molar-refractivity contribution in [1.82, 2.24) is 25.1 Å². The molecule has 0 radical (unpaired) electrons. The third-order valence-corrected chi connectivity index (χ3v) is 5.32. The van der Waals surface area contributed by atoms with Crippen molar-refractivity contribution < 1.29 is 4.74 Å². The van der Waals surface area contributed by atoms with Gasteiger partial charge in [-0.1, -0.05) is 13.0 Å². The van der Waals surface area contributed by atoms with Crippen molar-refractivity contribution in [2.24, 2.45) is 4.99 Å². The van der Waals surface area contributed by atoms with Crippen LogP contribution in [0.5, 0.6) is 0 Å². The van der Waals surface area contributed by atoms with Gasteiger partial charge in [-0.2, -0.15) is 0 Å². The van der Waals surface area contributed by atoms with E-state index in [1.54, 1.807) is 0 Å². The zero-order chi connectivity index (χ0) is 19.3. The molecule has 1 aromatic heterocycles. The zero-order valence-electron chi connectivity index (χ0n) is 16.7. The molecule has 2 aromatic rings. The number of fused-ring (bicyclic) bond motifs is 1. The molecule has 150 valence electrons. The summed E-state index contributed by atoms with van der Waals surface area (Å²) in [6.45, 7) is 11.4. The Hall–Kier alpha value is -2.29. The van der Waals surface area contributed by atoms with Crippen molar-refractivity contribution in [3.8, 4) is 0 Å². The first-order chi connectivity index (χ1) is 13.7. The van der Waals surface area contributed by atoms with Gasteiger partial charge in [0, 0.05) is 31.6 Å². The highest BCUT2D eigenvalue weighted by molar-refractivity contribution is 5.93. The fraction of sp³-hybridized carbons (Fsp3) is 0.550. The van der Waals surface area contributed by atoms with Gasteiger partial charge in [-0.3, -0.25) is 15.1 Å². The Balaban J connectivity index is 1.35. The van der Waals surface area contributed by atoms with E-state index in [0.717, 1.165) is 75.0 Å². The van der Waals surface area contributed by atoms with Gasteiger partial charge in [-0.25, -0.2) is 15.0 Å². The second-order valence-electron chi connectivity index (χ2n) is 7.29. The minimum Gasteiger partial charge on any atom is -0.379 e.